The Kier molecular flexibility index (Phi) is 8.32. The molecule has 2 rings (SSSR count). The zero-order valence-corrected chi connectivity index (χ0v) is 17.2. The summed E-state index contributed by atoms with van der Waals surface area (Å²) >= 11 is 5.68. The van der Waals surface area contributed by atoms with Crippen LogP contribution in [0.4, 0.5) is 5.69 Å². The highest BCUT2D eigenvalue weighted by Gasteiger charge is 2.29. The van der Waals surface area contributed by atoms with Crippen molar-refractivity contribution in [2.24, 2.45) is 0 Å². The average molecular weight is 410 g/mol. The lowest BCUT2D eigenvalue weighted by Gasteiger charge is -2.20. The minimum Gasteiger partial charge on any atom is -0.378 e. The fraction of sp³-hybridized carbons (Fsp3) is 0.316. The van der Waals surface area contributed by atoms with Crippen LogP contribution < -0.4 is 21.1 Å². The van der Waals surface area contributed by atoms with Crippen LogP contribution in [0.2, 0.25) is 0 Å². The van der Waals surface area contributed by atoms with Crippen LogP contribution in [0.1, 0.15) is 5.56 Å². The maximum absolute atomic E-state index is 13.3. The quantitative estimate of drug-likeness (QED) is 0.359. The van der Waals surface area contributed by atoms with Gasteiger partial charge in [0.25, 0.3) is 0 Å². The molecule has 1 amide bonds. The number of carbonyl (C=O) groups excluding carboxylic acids is 1. The summed E-state index contributed by atoms with van der Waals surface area (Å²) in [5.41, 5.74) is 7.42. The molecule has 0 bridgehead atoms. The number of nitrogens with zero attached hydrogens (tertiary/aromatic N) is 1. The number of nitrogens with one attached hydrogen (secondary N) is 2. The number of amides is 1. The highest BCUT2D eigenvalue weighted by Crippen LogP contribution is 2.45. The number of halogens is 1. The van der Waals surface area contributed by atoms with Crippen LogP contribution in [0.15, 0.2) is 54.6 Å². The molecule has 1 atom stereocenters. The molecule has 6 nitrogen and oxygen atoms in total. The Morgan fingerprint density at radius 2 is 1.78 bits per heavy atom. The van der Waals surface area contributed by atoms with Crippen LogP contribution in [-0.2, 0) is 20.4 Å². The third-order valence-corrected chi connectivity index (χ3v) is 6.39. The Balaban J connectivity index is 2.01. The molecule has 0 fully saturated rings. The first-order valence-corrected chi connectivity index (χ1v) is 10.9. The van der Waals surface area contributed by atoms with E-state index in [1.807, 2.05) is 61.5 Å². The first-order valence-electron chi connectivity index (χ1n) is 8.58. The summed E-state index contributed by atoms with van der Waals surface area (Å²) in [4.78, 5) is 14.2. The first-order chi connectivity index (χ1) is 12.9. The van der Waals surface area contributed by atoms with Crippen LogP contribution in [0.3, 0.4) is 0 Å². The molecule has 0 aliphatic carbocycles. The maximum atomic E-state index is 13.3. The Bertz CT molecular complexity index is 770. The van der Waals surface area contributed by atoms with Crippen molar-refractivity contribution in [3.05, 3.63) is 60.2 Å². The van der Waals surface area contributed by atoms with E-state index in [-0.39, 0.29) is 18.6 Å². The van der Waals surface area contributed by atoms with E-state index in [1.165, 1.54) is 0 Å². The lowest BCUT2D eigenvalue weighted by atomic mass is 10.2. The van der Waals surface area contributed by atoms with Crippen LogP contribution in [0, 0.1) is 0 Å². The first kappa shape index (κ1) is 21.5. The third-order valence-electron chi connectivity index (χ3n) is 3.85. The predicted molar refractivity (Wildman–Crippen MR) is 111 cm³/mol. The van der Waals surface area contributed by atoms with Crippen LogP contribution in [-0.4, -0.2) is 38.7 Å². The molecule has 2 aromatic carbocycles. The summed E-state index contributed by atoms with van der Waals surface area (Å²) in [7, 11) is 0.481. The molecule has 0 aromatic heterocycles. The van der Waals surface area contributed by atoms with Crippen molar-refractivity contribution in [2.45, 2.75) is 6.54 Å². The molecule has 0 spiro atoms. The maximum Gasteiger partial charge on any atom is 0.244 e. The van der Waals surface area contributed by atoms with Gasteiger partial charge in [-0.3, -0.25) is 14.8 Å². The van der Waals surface area contributed by atoms with Crippen molar-refractivity contribution in [1.82, 2.24) is 10.9 Å². The predicted octanol–water partition coefficient (Wildman–Crippen LogP) is 2.73. The van der Waals surface area contributed by atoms with Gasteiger partial charge in [-0.25, -0.2) is 5.43 Å². The van der Waals surface area contributed by atoms with Gasteiger partial charge in [0, 0.05) is 37.5 Å². The number of hydrogen-bond donors (Lipinski definition) is 2. The van der Waals surface area contributed by atoms with Crippen molar-refractivity contribution in [2.75, 3.05) is 37.6 Å². The van der Waals surface area contributed by atoms with Crippen molar-refractivity contribution < 1.29 is 13.9 Å². The molecule has 0 aliphatic heterocycles. The second kappa shape index (κ2) is 10.5. The lowest BCUT2D eigenvalue weighted by molar-refractivity contribution is -0.119. The molecule has 1 unspecified atom stereocenters. The summed E-state index contributed by atoms with van der Waals surface area (Å²) in [5.74, 6) is -0.200. The Morgan fingerprint density at radius 3 is 2.37 bits per heavy atom. The molecule has 2 N–H and O–H groups in total. The number of alkyl halides is 1. The van der Waals surface area contributed by atoms with E-state index in [4.69, 9.17) is 16.1 Å². The standard InChI is InChI=1S/C19H25ClN3O3P/c1-23(2)17-8-10-18(11-9-17)27(25,26-13-12-20)15-19(24)22-21-14-16-6-4-3-5-7-16/h3-11,21H,12-15H2,1-2H3,(H,22,24). The molecular weight excluding hydrogens is 385 g/mol. The molecule has 8 heteroatoms. The molecule has 0 saturated carbocycles. The van der Waals surface area contributed by atoms with E-state index in [2.05, 4.69) is 10.9 Å². The third kappa shape index (κ3) is 6.67. The fourth-order valence-electron chi connectivity index (χ4n) is 2.44. The number of hydrazine groups is 1. The molecule has 27 heavy (non-hydrogen) atoms. The van der Waals surface area contributed by atoms with Crippen LogP contribution >= 0.6 is 19.0 Å². The van der Waals surface area contributed by atoms with Crippen LogP contribution in [0.5, 0.6) is 0 Å². The fourth-order valence-corrected chi connectivity index (χ4v) is 4.49. The summed E-state index contributed by atoms with van der Waals surface area (Å²) in [6.45, 7) is 0.579. The number of benzene rings is 2. The topological polar surface area (TPSA) is 70.7 Å². The molecule has 0 aliphatic rings. The van der Waals surface area contributed by atoms with E-state index in [0.717, 1.165) is 11.3 Å². The molecule has 146 valence electrons. The highest BCUT2D eigenvalue weighted by molar-refractivity contribution is 7.67. The van der Waals surface area contributed by atoms with Gasteiger partial charge in [-0.1, -0.05) is 30.3 Å². The van der Waals surface area contributed by atoms with Gasteiger partial charge in [-0.05, 0) is 29.8 Å². The normalized spacial score (nSPS) is 13.0. The zero-order valence-electron chi connectivity index (χ0n) is 15.5. The van der Waals surface area contributed by atoms with Gasteiger partial charge in [0.15, 0.2) is 0 Å². The van der Waals surface area contributed by atoms with Gasteiger partial charge >= 0.3 is 0 Å². The number of carbonyl (C=O) groups is 1. The smallest absolute Gasteiger partial charge is 0.244 e. The van der Waals surface area contributed by atoms with Crippen molar-refractivity contribution >= 4 is 35.9 Å². The molecule has 2 aromatic rings. The van der Waals surface area contributed by atoms with Crippen molar-refractivity contribution in [1.29, 1.82) is 0 Å². The monoisotopic (exact) mass is 409 g/mol. The average Bonchev–Trinajstić information content (AvgIpc) is 2.67. The summed E-state index contributed by atoms with van der Waals surface area (Å²) < 4.78 is 18.8. The SMILES string of the molecule is CN(C)c1ccc(P(=O)(CC(=O)NNCc2ccccc2)OCCCl)cc1. The second-order valence-corrected chi connectivity index (χ2v) is 8.97. The van der Waals surface area contributed by atoms with Crippen LogP contribution in [0.25, 0.3) is 0 Å². The van der Waals surface area contributed by atoms with Crippen molar-refractivity contribution in [3.63, 3.8) is 0 Å². The largest absolute Gasteiger partial charge is 0.378 e. The van der Waals surface area contributed by atoms with E-state index < -0.39 is 13.3 Å². The molecular formula is C19H25ClN3O3P. The van der Waals surface area contributed by atoms with E-state index in [1.54, 1.807) is 12.1 Å². The Hall–Kier alpha value is -1.85. The van der Waals surface area contributed by atoms with E-state index in [9.17, 15) is 9.36 Å². The number of rotatable bonds is 10. The zero-order chi connectivity index (χ0) is 19.7. The van der Waals surface area contributed by atoms with Gasteiger partial charge < -0.3 is 9.42 Å². The number of anilines is 1. The molecule has 0 heterocycles. The lowest BCUT2D eigenvalue weighted by Crippen LogP contribution is -2.39. The van der Waals surface area contributed by atoms with Gasteiger partial charge in [0.05, 0.1) is 6.61 Å². The minimum atomic E-state index is -3.36. The summed E-state index contributed by atoms with van der Waals surface area (Å²) in [5, 5.41) is 0.497. The Labute approximate surface area is 165 Å². The minimum absolute atomic E-state index is 0.110. The van der Waals surface area contributed by atoms with Gasteiger partial charge in [-0.2, -0.15) is 0 Å². The van der Waals surface area contributed by atoms with Gasteiger partial charge in [0.1, 0.15) is 6.16 Å². The molecule has 0 saturated heterocycles. The van der Waals surface area contributed by atoms with E-state index >= 15 is 0 Å². The van der Waals surface area contributed by atoms with Gasteiger partial charge in [0.2, 0.25) is 13.3 Å². The highest BCUT2D eigenvalue weighted by atomic mass is 35.5. The second-order valence-electron chi connectivity index (χ2n) is 6.15. The van der Waals surface area contributed by atoms with Gasteiger partial charge in [-0.15, -0.1) is 11.6 Å². The molecule has 0 radical (unpaired) electrons. The number of hydrogen-bond acceptors (Lipinski definition) is 5. The van der Waals surface area contributed by atoms with E-state index in [0.29, 0.717) is 11.8 Å². The Morgan fingerprint density at radius 1 is 1.11 bits per heavy atom. The summed E-state index contributed by atoms with van der Waals surface area (Å²) in [6.07, 6.45) is -0.257. The summed E-state index contributed by atoms with van der Waals surface area (Å²) in [6, 6.07) is 16.8. The van der Waals surface area contributed by atoms with Crippen molar-refractivity contribution in [3.8, 4) is 0 Å².